The lowest BCUT2D eigenvalue weighted by Crippen LogP contribution is -2.27. The molecule has 3 rings (SSSR count). The molecule has 1 aliphatic heterocycles. The molecule has 1 N–H and O–H groups in total. The Morgan fingerprint density at radius 1 is 1.45 bits per heavy atom. The van der Waals surface area contributed by atoms with E-state index in [4.69, 9.17) is 9.15 Å². The molecular weight excluding hydrogens is 288 g/mol. The number of imidazole rings is 1. The number of rotatable bonds is 3. The molecule has 0 aliphatic carbocycles. The van der Waals surface area contributed by atoms with Gasteiger partial charge in [0, 0.05) is 13.0 Å². The van der Waals surface area contributed by atoms with Crippen LogP contribution in [0.4, 0.5) is 0 Å². The molecule has 7 heteroatoms. The summed E-state index contributed by atoms with van der Waals surface area (Å²) in [5.41, 5.74) is 0.510. The monoisotopic (exact) mass is 304 g/mol. The number of carboxylic acids is 1. The second kappa shape index (κ2) is 5.32. The van der Waals surface area contributed by atoms with Crippen LogP contribution in [0.25, 0.3) is 11.6 Å². The van der Waals surface area contributed by atoms with Crippen molar-refractivity contribution in [2.75, 3.05) is 7.11 Å². The molecule has 1 atom stereocenters. The van der Waals surface area contributed by atoms with Crippen molar-refractivity contribution < 1.29 is 23.8 Å². The number of aromatic carboxylic acids is 1. The molecule has 22 heavy (non-hydrogen) atoms. The number of carbonyl (C=O) groups excluding carboxylic acids is 1. The van der Waals surface area contributed by atoms with Crippen LogP contribution in [-0.4, -0.2) is 33.7 Å². The molecule has 2 aromatic heterocycles. The van der Waals surface area contributed by atoms with Crippen LogP contribution in [0.2, 0.25) is 0 Å². The molecule has 2 aromatic rings. The number of aryl methyl sites for hydroxylation is 1. The molecule has 3 heterocycles. The van der Waals surface area contributed by atoms with Crippen molar-refractivity contribution in [3.63, 3.8) is 0 Å². The van der Waals surface area contributed by atoms with Crippen LogP contribution in [0.1, 0.15) is 28.4 Å². The Balaban J connectivity index is 2.06. The smallest absolute Gasteiger partial charge is 0.356 e. The number of aromatic nitrogens is 2. The molecule has 0 saturated carbocycles. The van der Waals surface area contributed by atoms with Crippen LogP contribution in [0, 0.1) is 12.8 Å². The SMILES string of the molecule is COC(=O)C1CCn2c(-c3ccc(C)o3)nc(C(=O)O)c2C1. The first-order valence-electron chi connectivity index (χ1n) is 6.98. The van der Waals surface area contributed by atoms with Crippen molar-refractivity contribution in [2.24, 2.45) is 5.92 Å². The van der Waals surface area contributed by atoms with E-state index in [1.807, 2.05) is 11.5 Å². The van der Waals surface area contributed by atoms with Gasteiger partial charge in [-0.3, -0.25) is 4.79 Å². The first kappa shape index (κ1) is 14.4. The zero-order chi connectivity index (χ0) is 15.9. The van der Waals surface area contributed by atoms with E-state index in [0.29, 0.717) is 36.7 Å². The number of carboxylic acid groups (broad SMARTS) is 1. The van der Waals surface area contributed by atoms with Crippen molar-refractivity contribution in [1.29, 1.82) is 0 Å². The fourth-order valence-corrected chi connectivity index (χ4v) is 2.84. The summed E-state index contributed by atoms with van der Waals surface area (Å²) in [5.74, 6) is -0.0134. The lowest BCUT2D eigenvalue weighted by molar-refractivity contribution is -0.146. The van der Waals surface area contributed by atoms with E-state index in [2.05, 4.69) is 4.98 Å². The van der Waals surface area contributed by atoms with Gasteiger partial charge in [0.25, 0.3) is 0 Å². The van der Waals surface area contributed by atoms with Gasteiger partial charge in [-0.15, -0.1) is 0 Å². The van der Waals surface area contributed by atoms with Gasteiger partial charge in [0.05, 0.1) is 18.7 Å². The number of nitrogens with zero attached hydrogens (tertiary/aromatic N) is 2. The molecule has 0 spiro atoms. The standard InChI is InChI=1S/C15H16N2O5/c1-8-3-4-11(22-8)13-16-12(14(18)19)10-7-9(15(20)21-2)5-6-17(10)13/h3-4,9H,5-7H2,1-2H3,(H,18,19). The summed E-state index contributed by atoms with van der Waals surface area (Å²) in [7, 11) is 1.34. The highest BCUT2D eigenvalue weighted by atomic mass is 16.5. The zero-order valence-corrected chi connectivity index (χ0v) is 12.3. The molecule has 0 aromatic carbocycles. The van der Waals surface area contributed by atoms with Gasteiger partial charge in [-0.2, -0.15) is 0 Å². The van der Waals surface area contributed by atoms with Crippen LogP contribution >= 0.6 is 0 Å². The van der Waals surface area contributed by atoms with Gasteiger partial charge in [-0.25, -0.2) is 9.78 Å². The van der Waals surface area contributed by atoms with E-state index in [1.54, 1.807) is 12.1 Å². The minimum atomic E-state index is -1.11. The molecule has 0 radical (unpaired) electrons. The van der Waals surface area contributed by atoms with Crippen LogP contribution in [0.3, 0.4) is 0 Å². The van der Waals surface area contributed by atoms with Gasteiger partial charge in [0.2, 0.25) is 0 Å². The highest BCUT2D eigenvalue weighted by molar-refractivity contribution is 5.88. The first-order chi connectivity index (χ1) is 10.5. The largest absolute Gasteiger partial charge is 0.476 e. The fourth-order valence-electron chi connectivity index (χ4n) is 2.84. The zero-order valence-electron chi connectivity index (χ0n) is 12.3. The highest BCUT2D eigenvalue weighted by Gasteiger charge is 2.33. The van der Waals surface area contributed by atoms with Crippen LogP contribution in [0.15, 0.2) is 16.5 Å². The summed E-state index contributed by atoms with van der Waals surface area (Å²) in [4.78, 5) is 27.4. The predicted molar refractivity (Wildman–Crippen MR) is 75.5 cm³/mol. The van der Waals surface area contributed by atoms with E-state index < -0.39 is 5.97 Å². The Hall–Kier alpha value is -2.57. The quantitative estimate of drug-likeness (QED) is 0.870. The Morgan fingerprint density at radius 2 is 2.23 bits per heavy atom. The van der Waals surface area contributed by atoms with Gasteiger partial charge in [0.15, 0.2) is 17.3 Å². The normalized spacial score (nSPS) is 17.1. The third kappa shape index (κ3) is 2.28. The Kier molecular flexibility index (Phi) is 3.48. The van der Waals surface area contributed by atoms with Gasteiger partial charge >= 0.3 is 11.9 Å². The summed E-state index contributed by atoms with van der Waals surface area (Å²) < 4.78 is 12.1. The number of hydrogen-bond donors (Lipinski definition) is 1. The van der Waals surface area contributed by atoms with Crippen molar-refractivity contribution in [1.82, 2.24) is 9.55 Å². The number of methoxy groups -OCH3 is 1. The third-order valence-corrected chi connectivity index (χ3v) is 3.91. The molecule has 7 nitrogen and oxygen atoms in total. The summed E-state index contributed by atoms with van der Waals surface area (Å²) >= 11 is 0. The first-order valence-corrected chi connectivity index (χ1v) is 6.98. The average Bonchev–Trinajstić information content (AvgIpc) is 3.09. The molecule has 0 bridgehead atoms. The van der Waals surface area contributed by atoms with Crippen molar-refractivity contribution in [3.8, 4) is 11.6 Å². The van der Waals surface area contributed by atoms with E-state index in [1.165, 1.54) is 7.11 Å². The number of fused-ring (bicyclic) bond motifs is 1. The molecule has 0 saturated heterocycles. The molecule has 0 fully saturated rings. The third-order valence-electron chi connectivity index (χ3n) is 3.91. The average molecular weight is 304 g/mol. The van der Waals surface area contributed by atoms with E-state index in [0.717, 1.165) is 5.76 Å². The summed E-state index contributed by atoms with van der Waals surface area (Å²) in [6.07, 6.45) is 0.892. The highest BCUT2D eigenvalue weighted by Crippen LogP contribution is 2.31. The predicted octanol–water partition coefficient (Wildman–Crippen LogP) is 1.89. The molecule has 1 unspecified atom stereocenters. The van der Waals surface area contributed by atoms with Crippen LogP contribution < -0.4 is 0 Å². The van der Waals surface area contributed by atoms with E-state index >= 15 is 0 Å². The topological polar surface area (TPSA) is 94.6 Å². The maximum absolute atomic E-state index is 11.7. The van der Waals surface area contributed by atoms with Crippen molar-refractivity contribution >= 4 is 11.9 Å². The lowest BCUT2D eigenvalue weighted by atomic mass is 9.95. The van der Waals surface area contributed by atoms with Crippen molar-refractivity contribution in [3.05, 3.63) is 29.3 Å². The molecule has 116 valence electrons. The number of carbonyl (C=O) groups is 2. The summed E-state index contributed by atoms with van der Waals surface area (Å²) in [5, 5.41) is 9.37. The van der Waals surface area contributed by atoms with Crippen LogP contribution in [-0.2, 0) is 22.5 Å². The lowest BCUT2D eigenvalue weighted by Gasteiger charge is -2.23. The minimum absolute atomic E-state index is 0.0299. The van der Waals surface area contributed by atoms with E-state index in [-0.39, 0.29) is 17.6 Å². The Morgan fingerprint density at radius 3 is 2.82 bits per heavy atom. The molecular formula is C15H16N2O5. The molecule has 1 aliphatic rings. The van der Waals surface area contributed by atoms with Gasteiger partial charge in [0.1, 0.15) is 5.76 Å². The summed E-state index contributed by atoms with van der Waals surface area (Å²) in [6, 6.07) is 3.57. The van der Waals surface area contributed by atoms with Gasteiger partial charge in [-0.1, -0.05) is 0 Å². The number of hydrogen-bond acceptors (Lipinski definition) is 5. The van der Waals surface area contributed by atoms with Gasteiger partial charge in [-0.05, 0) is 25.5 Å². The number of ether oxygens (including phenoxy) is 1. The van der Waals surface area contributed by atoms with Crippen LogP contribution in [0.5, 0.6) is 0 Å². The van der Waals surface area contributed by atoms with Gasteiger partial charge < -0.3 is 18.8 Å². The fraction of sp³-hybridized carbons (Fsp3) is 0.400. The summed E-state index contributed by atoms with van der Waals surface area (Å²) in [6.45, 7) is 2.32. The number of esters is 1. The van der Waals surface area contributed by atoms with Crippen molar-refractivity contribution in [2.45, 2.75) is 26.3 Å². The minimum Gasteiger partial charge on any atom is -0.476 e. The maximum atomic E-state index is 11.7. The second-order valence-corrected chi connectivity index (χ2v) is 5.31. The van der Waals surface area contributed by atoms with E-state index in [9.17, 15) is 14.7 Å². The molecule has 0 amide bonds. The Labute approximate surface area is 126 Å². The maximum Gasteiger partial charge on any atom is 0.356 e. The Bertz CT molecular complexity index is 743. The number of furan rings is 1. The second-order valence-electron chi connectivity index (χ2n) is 5.31.